The van der Waals surface area contributed by atoms with Gasteiger partial charge in [-0.1, -0.05) is 78.9 Å². The summed E-state index contributed by atoms with van der Waals surface area (Å²) in [6.07, 6.45) is 7.93. The minimum absolute atomic E-state index is 1.11. The Labute approximate surface area is 152 Å². The van der Waals surface area contributed by atoms with Crippen LogP contribution in [-0.4, -0.2) is 4.98 Å². The number of aromatic nitrogens is 1. The quantitative estimate of drug-likeness (QED) is 0.327. The SMILES string of the molecule is C(=C\c1ccc2ccc3ccc4ccccc4c3c2c1)/c1cccnc1. The molecule has 5 aromatic rings. The molecule has 0 unspecified atom stereocenters. The predicted octanol–water partition coefficient (Wildman–Crippen LogP) is 6.71. The van der Waals surface area contributed by atoms with Crippen molar-refractivity contribution in [2.24, 2.45) is 0 Å². The summed E-state index contributed by atoms with van der Waals surface area (Å²) in [6, 6.07) is 28.2. The summed E-state index contributed by atoms with van der Waals surface area (Å²) >= 11 is 0. The summed E-state index contributed by atoms with van der Waals surface area (Å²) in [5, 5.41) is 7.77. The Hall–Kier alpha value is -3.45. The van der Waals surface area contributed by atoms with Crippen LogP contribution in [0.2, 0.25) is 0 Å². The van der Waals surface area contributed by atoms with Crippen molar-refractivity contribution in [1.29, 1.82) is 0 Å². The molecule has 0 spiro atoms. The molecule has 0 saturated heterocycles. The molecule has 0 fully saturated rings. The van der Waals surface area contributed by atoms with Crippen molar-refractivity contribution in [1.82, 2.24) is 4.98 Å². The zero-order valence-electron chi connectivity index (χ0n) is 14.3. The van der Waals surface area contributed by atoms with Gasteiger partial charge in [0.15, 0.2) is 0 Å². The molecule has 0 aliphatic rings. The number of hydrogen-bond donors (Lipinski definition) is 0. The van der Waals surface area contributed by atoms with Crippen LogP contribution in [-0.2, 0) is 0 Å². The Kier molecular flexibility index (Phi) is 3.50. The molecule has 4 aromatic carbocycles. The predicted molar refractivity (Wildman–Crippen MR) is 112 cm³/mol. The lowest BCUT2D eigenvalue weighted by Gasteiger charge is -2.09. The van der Waals surface area contributed by atoms with Crippen LogP contribution in [0.5, 0.6) is 0 Å². The van der Waals surface area contributed by atoms with Gasteiger partial charge in [-0.05, 0) is 55.6 Å². The lowest BCUT2D eigenvalue weighted by molar-refractivity contribution is 1.32. The largest absolute Gasteiger partial charge is 0.264 e. The van der Waals surface area contributed by atoms with Crippen LogP contribution in [0, 0.1) is 0 Å². The van der Waals surface area contributed by atoms with Crippen molar-refractivity contribution in [3.05, 3.63) is 102 Å². The summed E-state index contributed by atoms with van der Waals surface area (Å²) in [5.41, 5.74) is 2.30. The highest BCUT2D eigenvalue weighted by Crippen LogP contribution is 2.32. The van der Waals surface area contributed by atoms with Crippen molar-refractivity contribution < 1.29 is 0 Å². The van der Waals surface area contributed by atoms with Gasteiger partial charge in [0.25, 0.3) is 0 Å². The molecule has 1 heteroatoms. The zero-order chi connectivity index (χ0) is 17.3. The van der Waals surface area contributed by atoms with E-state index in [-0.39, 0.29) is 0 Å². The van der Waals surface area contributed by atoms with Gasteiger partial charge >= 0.3 is 0 Å². The van der Waals surface area contributed by atoms with E-state index in [1.54, 1.807) is 6.20 Å². The van der Waals surface area contributed by atoms with Crippen molar-refractivity contribution in [3.63, 3.8) is 0 Å². The maximum Gasteiger partial charge on any atom is 0.0340 e. The van der Waals surface area contributed by atoms with Gasteiger partial charge in [-0.25, -0.2) is 0 Å². The lowest BCUT2D eigenvalue weighted by atomic mass is 9.95. The minimum Gasteiger partial charge on any atom is -0.264 e. The standard InChI is InChI=1S/C25H17N/c1-2-6-23-20(5-1)11-13-22-14-12-21-10-9-18(16-24(21)25(22)23)7-8-19-4-3-15-26-17-19/h1-17H/b8-7+. The summed E-state index contributed by atoms with van der Waals surface area (Å²) in [5.74, 6) is 0. The molecule has 0 aliphatic heterocycles. The fourth-order valence-corrected chi connectivity index (χ4v) is 3.61. The molecule has 0 bridgehead atoms. The first-order valence-corrected chi connectivity index (χ1v) is 8.81. The molecular weight excluding hydrogens is 314 g/mol. The fraction of sp³-hybridized carbons (Fsp3) is 0. The molecule has 5 rings (SSSR count). The van der Waals surface area contributed by atoms with E-state index in [0.29, 0.717) is 0 Å². The Morgan fingerprint density at radius 3 is 2.15 bits per heavy atom. The van der Waals surface area contributed by atoms with E-state index >= 15 is 0 Å². The maximum absolute atomic E-state index is 4.17. The van der Waals surface area contributed by atoms with E-state index in [9.17, 15) is 0 Å². The Morgan fingerprint density at radius 2 is 1.31 bits per heavy atom. The van der Waals surface area contributed by atoms with Gasteiger partial charge in [0, 0.05) is 12.4 Å². The first-order chi connectivity index (χ1) is 12.9. The van der Waals surface area contributed by atoms with Crippen LogP contribution >= 0.6 is 0 Å². The third kappa shape index (κ3) is 2.55. The van der Waals surface area contributed by atoms with E-state index in [2.05, 4.69) is 89.9 Å². The van der Waals surface area contributed by atoms with Crippen molar-refractivity contribution >= 4 is 44.5 Å². The molecule has 1 aromatic heterocycles. The zero-order valence-corrected chi connectivity index (χ0v) is 14.3. The summed E-state index contributed by atoms with van der Waals surface area (Å²) in [6.45, 7) is 0. The van der Waals surface area contributed by atoms with Crippen molar-refractivity contribution in [3.8, 4) is 0 Å². The molecular formula is C25H17N. The second kappa shape index (κ2) is 6.12. The highest BCUT2D eigenvalue weighted by molar-refractivity contribution is 6.20. The maximum atomic E-state index is 4.17. The molecule has 1 nitrogen and oxygen atoms in total. The second-order valence-corrected chi connectivity index (χ2v) is 6.55. The average Bonchev–Trinajstić information content (AvgIpc) is 2.72. The third-order valence-electron chi connectivity index (χ3n) is 4.90. The van der Waals surface area contributed by atoms with E-state index in [1.165, 1.54) is 37.9 Å². The monoisotopic (exact) mass is 331 g/mol. The van der Waals surface area contributed by atoms with Gasteiger partial charge in [-0.2, -0.15) is 0 Å². The van der Waals surface area contributed by atoms with Crippen molar-refractivity contribution in [2.75, 3.05) is 0 Å². The van der Waals surface area contributed by atoms with Crippen LogP contribution < -0.4 is 0 Å². The summed E-state index contributed by atoms with van der Waals surface area (Å²) in [4.78, 5) is 4.17. The highest BCUT2D eigenvalue weighted by atomic mass is 14.6. The summed E-state index contributed by atoms with van der Waals surface area (Å²) in [7, 11) is 0. The van der Waals surface area contributed by atoms with E-state index in [4.69, 9.17) is 0 Å². The first kappa shape index (κ1) is 14.9. The molecule has 122 valence electrons. The Balaban J connectivity index is 1.75. The van der Waals surface area contributed by atoms with Crippen molar-refractivity contribution in [2.45, 2.75) is 0 Å². The molecule has 0 atom stereocenters. The van der Waals surface area contributed by atoms with Crippen LogP contribution in [0.15, 0.2) is 91.3 Å². The van der Waals surface area contributed by atoms with Gasteiger partial charge in [-0.15, -0.1) is 0 Å². The van der Waals surface area contributed by atoms with Crippen LogP contribution in [0.1, 0.15) is 11.1 Å². The van der Waals surface area contributed by atoms with Gasteiger partial charge in [-0.3, -0.25) is 4.98 Å². The van der Waals surface area contributed by atoms with Crippen LogP contribution in [0.25, 0.3) is 44.5 Å². The number of fused-ring (bicyclic) bond motifs is 5. The second-order valence-electron chi connectivity index (χ2n) is 6.55. The number of pyridine rings is 1. The van der Waals surface area contributed by atoms with Gasteiger partial charge in [0.2, 0.25) is 0 Å². The van der Waals surface area contributed by atoms with E-state index < -0.39 is 0 Å². The third-order valence-corrected chi connectivity index (χ3v) is 4.90. The van der Waals surface area contributed by atoms with Gasteiger partial charge in [0.05, 0.1) is 0 Å². The number of nitrogens with zero attached hydrogens (tertiary/aromatic N) is 1. The molecule has 26 heavy (non-hydrogen) atoms. The van der Waals surface area contributed by atoms with Crippen LogP contribution in [0.3, 0.4) is 0 Å². The van der Waals surface area contributed by atoms with E-state index in [0.717, 1.165) is 5.56 Å². The highest BCUT2D eigenvalue weighted by Gasteiger charge is 2.05. The van der Waals surface area contributed by atoms with Gasteiger partial charge < -0.3 is 0 Å². The number of hydrogen-bond acceptors (Lipinski definition) is 1. The fourth-order valence-electron chi connectivity index (χ4n) is 3.61. The Bertz CT molecular complexity index is 1260. The number of rotatable bonds is 2. The summed E-state index contributed by atoms with van der Waals surface area (Å²) < 4.78 is 0. The smallest absolute Gasteiger partial charge is 0.0340 e. The molecule has 0 aliphatic carbocycles. The number of benzene rings is 4. The molecule has 0 radical (unpaired) electrons. The molecule has 1 heterocycles. The van der Waals surface area contributed by atoms with E-state index in [1.807, 2.05) is 12.3 Å². The topological polar surface area (TPSA) is 12.9 Å². The normalized spacial score (nSPS) is 11.7. The Morgan fingerprint density at radius 1 is 0.577 bits per heavy atom. The lowest BCUT2D eigenvalue weighted by Crippen LogP contribution is -1.82. The molecule has 0 N–H and O–H groups in total. The molecule has 0 amide bonds. The van der Waals surface area contributed by atoms with Crippen LogP contribution in [0.4, 0.5) is 0 Å². The average molecular weight is 331 g/mol. The minimum atomic E-state index is 1.11. The molecule has 0 saturated carbocycles. The first-order valence-electron chi connectivity index (χ1n) is 8.81. The van der Waals surface area contributed by atoms with Gasteiger partial charge in [0.1, 0.15) is 0 Å².